The van der Waals surface area contributed by atoms with Gasteiger partial charge in [0.1, 0.15) is 17.9 Å². The fourth-order valence-corrected chi connectivity index (χ4v) is 2.89. The van der Waals surface area contributed by atoms with Crippen molar-refractivity contribution in [3.05, 3.63) is 36.2 Å². The number of benzene rings is 1. The summed E-state index contributed by atoms with van der Waals surface area (Å²) < 4.78 is 34.5. The minimum absolute atomic E-state index is 0.0232. The van der Waals surface area contributed by atoms with E-state index < -0.39 is 11.6 Å². The van der Waals surface area contributed by atoms with Gasteiger partial charge in [0.25, 0.3) is 0 Å². The number of aromatic nitrogens is 4. The predicted molar refractivity (Wildman–Crippen MR) is 88.2 cm³/mol. The van der Waals surface area contributed by atoms with Gasteiger partial charge in [-0.2, -0.15) is 9.97 Å². The Morgan fingerprint density at radius 1 is 1.24 bits per heavy atom. The van der Waals surface area contributed by atoms with E-state index in [0.717, 1.165) is 31.4 Å². The average molecular weight is 346 g/mol. The van der Waals surface area contributed by atoms with Gasteiger partial charge in [-0.1, -0.05) is 0 Å². The van der Waals surface area contributed by atoms with Crippen LogP contribution in [0, 0.1) is 11.6 Å². The maximum absolute atomic E-state index is 13.9. The minimum Gasteiger partial charge on any atom is -0.368 e. The van der Waals surface area contributed by atoms with Gasteiger partial charge in [0, 0.05) is 12.7 Å². The molecule has 3 N–H and O–H groups in total. The number of nitrogens with zero attached hydrogens (tertiary/aromatic N) is 4. The molecule has 0 saturated carbocycles. The quantitative estimate of drug-likeness (QED) is 0.757. The molecule has 0 spiro atoms. The van der Waals surface area contributed by atoms with Crippen LogP contribution in [0.3, 0.4) is 0 Å². The van der Waals surface area contributed by atoms with Crippen LogP contribution in [0.15, 0.2) is 24.5 Å². The molecular weight excluding hydrogens is 330 g/mol. The Hall–Kier alpha value is -2.81. The van der Waals surface area contributed by atoms with Crippen LogP contribution < -0.4 is 11.1 Å². The topological polar surface area (TPSA) is 90.9 Å². The first-order valence-electron chi connectivity index (χ1n) is 7.95. The molecule has 25 heavy (non-hydrogen) atoms. The first-order chi connectivity index (χ1) is 12.1. The standard InChI is InChI=1S/C16H16F2N6O/c17-9-4-5-11(10(18)7-9)21-14-13-15(23-16(19)22-14)24(8-20-13)12-3-1-2-6-25-12/h4-5,7-8,12H,1-3,6H2,(H3,19,21,22,23). The van der Waals surface area contributed by atoms with Crippen LogP contribution in [-0.2, 0) is 4.74 Å². The van der Waals surface area contributed by atoms with Crippen LogP contribution in [0.5, 0.6) is 0 Å². The zero-order chi connectivity index (χ0) is 17.4. The van der Waals surface area contributed by atoms with Crippen molar-refractivity contribution in [1.82, 2.24) is 19.5 Å². The van der Waals surface area contributed by atoms with Crippen molar-refractivity contribution < 1.29 is 13.5 Å². The molecule has 9 heteroatoms. The molecule has 0 bridgehead atoms. The Balaban J connectivity index is 1.75. The van der Waals surface area contributed by atoms with Gasteiger partial charge >= 0.3 is 0 Å². The molecule has 1 fully saturated rings. The van der Waals surface area contributed by atoms with Gasteiger partial charge in [0.05, 0.1) is 12.0 Å². The summed E-state index contributed by atoms with van der Waals surface area (Å²) in [6.45, 7) is 0.677. The predicted octanol–water partition coefficient (Wildman–Crippen LogP) is 3.13. The number of ether oxygens (including phenoxy) is 1. The molecule has 7 nitrogen and oxygen atoms in total. The molecule has 3 heterocycles. The SMILES string of the molecule is Nc1nc(Nc2ccc(F)cc2F)c2ncn(C3CCCCO3)c2n1. The lowest BCUT2D eigenvalue weighted by Crippen LogP contribution is -2.18. The second kappa shape index (κ2) is 6.25. The summed E-state index contributed by atoms with van der Waals surface area (Å²) in [5, 5.41) is 2.81. The fraction of sp³-hybridized carbons (Fsp3) is 0.312. The van der Waals surface area contributed by atoms with Crippen LogP contribution in [0.2, 0.25) is 0 Å². The normalized spacial score (nSPS) is 17.8. The number of nitrogens with one attached hydrogen (secondary N) is 1. The third-order valence-electron chi connectivity index (χ3n) is 4.09. The zero-order valence-electron chi connectivity index (χ0n) is 13.2. The third-order valence-corrected chi connectivity index (χ3v) is 4.09. The molecular formula is C16H16F2N6O. The van der Waals surface area contributed by atoms with Crippen molar-refractivity contribution in [1.29, 1.82) is 0 Å². The number of fused-ring (bicyclic) bond motifs is 1. The lowest BCUT2D eigenvalue weighted by molar-refractivity contribution is -0.0298. The number of imidazole rings is 1. The Bertz CT molecular complexity index is 922. The van der Waals surface area contributed by atoms with Crippen LogP contribution in [0.1, 0.15) is 25.5 Å². The first kappa shape index (κ1) is 15.7. The van der Waals surface area contributed by atoms with E-state index in [2.05, 4.69) is 20.3 Å². The van der Waals surface area contributed by atoms with Crippen molar-refractivity contribution in [2.45, 2.75) is 25.5 Å². The molecule has 0 radical (unpaired) electrons. The largest absolute Gasteiger partial charge is 0.368 e. The van der Waals surface area contributed by atoms with Crippen LogP contribution in [0.4, 0.5) is 26.2 Å². The Morgan fingerprint density at radius 2 is 2.12 bits per heavy atom. The zero-order valence-corrected chi connectivity index (χ0v) is 13.2. The van der Waals surface area contributed by atoms with Gasteiger partial charge < -0.3 is 15.8 Å². The van der Waals surface area contributed by atoms with Crippen LogP contribution in [-0.4, -0.2) is 26.1 Å². The monoisotopic (exact) mass is 346 g/mol. The van der Waals surface area contributed by atoms with E-state index in [9.17, 15) is 8.78 Å². The summed E-state index contributed by atoms with van der Waals surface area (Å²) in [5.41, 5.74) is 6.81. The summed E-state index contributed by atoms with van der Waals surface area (Å²) in [7, 11) is 0. The van der Waals surface area contributed by atoms with Crippen molar-refractivity contribution in [2.24, 2.45) is 0 Å². The molecule has 1 saturated heterocycles. The van der Waals surface area contributed by atoms with E-state index in [1.54, 1.807) is 10.9 Å². The molecule has 0 aliphatic carbocycles. The maximum Gasteiger partial charge on any atom is 0.224 e. The van der Waals surface area contributed by atoms with Gasteiger partial charge in [-0.05, 0) is 31.4 Å². The van der Waals surface area contributed by atoms with Crippen LogP contribution in [0.25, 0.3) is 11.2 Å². The molecule has 130 valence electrons. The number of hydrogen-bond donors (Lipinski definition) is 2. The van der Waals surface area contributed by atoms with Crippen LogP contribution >= 0.6 is 0 Å². The Labute approximate surface area is 141 Å². The van der Waals surface area contributed by atoms with Gasteiger partial charge in [-0.3, -0.25) is 4.57 Å². The van der Waals surface area contributed by atoms with Gasteiger partial charge in [0.2, 0.25) is 5.95 Å². The number of rotatable bonds is 3. The lowest BCUT2D eigenvalue weighted by atomic mass is 10.2. The summed E-state index contributed by atoms with van der Waals surface area (Å²) in [6, 6.07) is 3.23. The van der Waals surface area contributed by atoms with Crippen molar-refractivity contribution in [3.8, 4) is 0 Å². The highest BCUT2D eigenvalue weighted by Gasteiger charge is 2.21. The Kier molecular flexibility index (Phi) is 3.92. The fourth-order valence-electron chi connectivity index (χ4n) is 2.89. The van der Waals surface area contributed by atoms with Gasteiger partial charge in [-0.25, -0.2) is 13.8 Å². The van der Waals surface area contributed by atoms with E-state index in [1.807, 2.05) is 0 Å². The molecule has 1 aliphatic heterocycles. The van der Waals surface area contributed by atoms with Gasteiger partial charge in [0.15, 0.2) is 17.0 Å². The number of anilines is 3. The van der Waals surface area contributed by atoms with Crippen molar-refractivity contribution >= 4 is 28.6 Å². The summed E-state index contributed by atoms with van der Waals surface area (Å²) in [6.07, 6.45) is 4.38. The molecule has 2 aromatic heterocycles. The molecule has 3 aromatic rings. The van der Waals surface area contributed by atoms with E-state index in [0.29, 0.717) is 17.8 Å². The van der Waals surface area contributed by atoms with Crippen molar-refractivity contribution in [3.63, 3.8) is 0 Å². The second-order valence-corrected chi connectivity index (χ2v) is 5.82. The highest BCUT2D eigenvalue weighted by atomic mass is 19.1. The Morgan fingerprint density at radius 3 is 2.88 bits per heavy atom. The molecule has 1 aliphatic rings. The van der Waals surface area contributed by atoms with Gasteiger partial charge in [-0.15, -0.1) is 0 Å². The van der Waals surface area contributed by atoms with E-state index in [4.69, 9.17) is 10.5 Å². The molecule has 1 atom stereocenters. The molecule has 1 aromatic carbocycles. The number of hydrogen-bond acceptors (Lipinski definition) is 6. The number of halogens is 2. The summed E-state index contributed by atoms with van der Waals surface area (Å²) in [4.78, 5) is 12.7. The molecule has 1 unspecified atom stereocenters. The highest BCUT2D eigenvalue weighted by molar-refractivity contribution is 5.86. The highest BCUT2D eigenvalue weighted by Crippen LogP contribution is 2.30. The summed E-state index contributed by atoms with van der Waals surface area (Å²) in [5.74, 6) is -1.12. The molecule has 0 amide bonds. The third kappa shape index (κ3) is 2.98. The minimum atomic E-state index is -0.736. The smallest absolute Gasteiger partial charge is 0.224 e. The second-order valence-electron chi connectivity index (χ2n) is 5.82. The maximum atomic E-state index is 13.9. The first-order valence-corrected chi connectivity index (χ1v) is 7.95. The van der Waals surface area contributed by atoms with Crippen molar-refractivity contribution in [2.75, 3.05) is 17.7 Å². The summed E-state index contributed by atoms with van der Waals surface area (Å²) >= 11 is 0. The van der Waals surface area contributed by atoms with E-state index in [1.165, 1.54) is 6.07 Å². The van der Waals surface area contributed by atoms with E-state index >= 15 is 0 Å². The number of nitrogen functional groups attached to an aromatic ring is 1. The average Bonchev–Trinajstić information content (AvgIpc) is 3.02. The number of nitrogens with two attached hydrogens (primary N) is 1. The lowest BCUT2D eigenvalue weighted by Gasteiger charge is -2.23. The molecule has 4 rings (SSSR count). The van der Waals surface area contributed by atoms with E-state index in [-0.39, 0.29) is 23.7 Å².